The summed E-state index contributed by atoms with van der Waals surface area (Å²) in [6.07, 6.45) is 2.89. The number of aromatic amines is 1. The van der Waals surface area contributed by atoms with E-state index in [2.05, 4.69) is 10.3 Å². The van der Waals surface area contributed by atoms with Crippen molar-refractivity contribution in [2.45, 2.75) is 52.2 Å². The summed E-state index contributed by atoms with van der Waals surface area (Å²) in [5, 5.41) is 4.34. The molecule has 2 rings (SSSR count). The van der Waals surface area contributed by atoms with Crippen LogP contribution in [0.2, 0.25) is 0 Å². The highest BCUT2D eigenvalue weighted by Gasteiger charge is 2.27. The average Bonchev–Trinajstić information content (AvgIpc) is 2.99. The first kappa shape index (κ1) is 20.0. The zero-order valence-corrected chi connectivity index (χ0v) is 16.0. The molecule has 0 radical (unpaired) electrons. The number of carbonyl (C=O) groups excluding carboxylic acids is 2. The van der Waals surface area contributed by atoms with Crippen molar-refractivity contribution in [2.75, 3.05) is 6.54 Å². The molecule has 1 aromatic carbocycles. The number of rotatable bonds is 8. The summed E-state index contributed by atoms with van der Waals surface area (Å²) in [6, 6.07) is 7.28. The van der Waals surface area contributed by atoms with Crippen molar-refractivity contribution in [3.8, 4) is 0 Å². The monoisotopic (exact) mass is 359 g/mol. The highest BCUT2D eigenvalue weighted by Crippen LogP contribution is 2.23. The standard InChI is InChI=1S/C20H29N3O3/c1-13(5-8-17(21)24)12-23-18(19(25)26-20(2,3)4)15-6-7-16-14(11-15)9-10-22-16/h6-7,9-11,13,18,22-23H,5,8,12H2,1-4H3,(H2,21,24). The molecule has 0 fully saturated rings. The zero-order valence-electron chi connectivity index (χ0n) is 16.0. The second-order valence-corrected chi connectivity index (χ2v) is 7.81. The average molecular weight is 359 g/mol. The summed E-state index contributed by atoms with van der Waals surface area (Å²) in [5.74, 6) is -0.406. The van der Waals surface area contributed by atoms with Crippen LogP contribution in [0.5, 0.6) is 0 Å². The molecule has 0 saturated carbocycles. The number of benzene rings is 1. The van der Waals surface area contributed by atoms with Gasteiger partial charge in [0, 0.05) is 18.1 Å². The number of nitrogens with two attached hydrogens (primary N) is 1. The molecule has 26 heavy (non-hydrogen) atoms. The van der Waals surface area contributed by atoms with Crippen molar-refractivity contribution in [3.63, 3.8) is 0 Å². The Balaban J connectivity index is 2.15. The SMILES string of the molecule is CC(CCC(N)=O)CNC(C(=O)OC(C)(C)C)c1ccc2[nH]ccc2c1. The van der Waals surface area contributed by atoms with Gasteiger partial charge in [-0.15, -0.1) is 0 Å². The molecule has 0 aliphatic rings. The van der Waals surface area contributed by atoms with E-state index in [4.69, 9.17) is 10.5 Å². The van der Waals surface area contributed by atoms with Crippen LogP contribution in [0, 0.1) is 5.92 Å². The van der Waals surface area contributed by atoms with E-state index in [1.165, 1.54) is 0 Å². The number of hydrogen-bond acceptors (Lipinski definition) is 4. The third kappa shape index (κ3) is 5.88. The lowest BCUT2D eigenvalue weighted by Gasteiger charge is -2.26. The van der Waals surface area contributed by atoms with Gasteiger partial charge in [-0.1, -0.05) is 13.0 Å². The quantitative estimate of drug-likeness (QED) is 0.631. The number of carbonyl (C=O) groups is 2. The van der Waals surface area contributed by atoms with E-state index in [1.807, 2.05) is 58.2 Å². The molecule has 6 nitrogen and oxygen atoms in total. The minimum absolute atomic E-state index is 0.212. The maximum Gasteiger partial charge on any atom is 0.328 e. The van der Waals surface area contributed by atoms with Crippen molar-refractivity contribution in [1.29, 1.82) is 0 Å². The first-order valence-corrected chi connectivity index (χ1v) is 8.97. The summed E-state index contributed by atoms with van der Waals surface area (Å²) in [4.78, 5) is 26.8. The molecular weight excluding hydrogens is 330 g/mol. The van der Waals surface area contributed by atoms with Gasteiger partial charge in [0.15, 0.2) is 0 Å². The highest BCUT2D eigenvalue weighted by atomic mass is 16.6. The van der Waals surface area contributed by atoms with Crippen molar-refractivity contribution in [1.82, 2.24) is 10.3 Å². The van der Waals surface area contributed by atoms with Crippen molar-refractivity contribution in [3.05, 3.63) is 36.0 Å². The van der Waals surface area contributed by atoms with Crippen LogP contribution in [0.15, 0.2) is 30.5 Å². The Bertz CT molecular complexity index is 761. The number of primary amides is 1. The van der Waals surface area contributed by atoms with Crippen LogP contribution in [0.1, 0.15) is 52.1 Å². The predicted molar refractivity (Wildman–Crippen MR) is 102 cm³/mol. The Hall–Kier alpha value is -2.34. The lowest BCUT2D eigenvalue weighted by molar-refractivity contribution is -0.157. The molecule has 1 heterocycles. The summed E-state index contributed by atoms with van der Waals surface area (Å²) < 4.78 is 5.59. The minimum Gasteiger partial charge on any atom is -0.459 e. The summed E-state index contributed by atoms with van der Waals surface area (Å²) in [5.41, 5.74) is 6.52. The van der Waals surface area contributed by atoms with Gasteiger partial charge in [0.2, 0.25) is 5.91 Å². The molecular formula is C20H29N3O3. The third-order valence-corrected chi connectivity index (χ3v) is 4.11. The van der Waals surface area contributed by atoms with E-state index in [-0.39, 0.29) is 17.8 Å². The van der Waals surface area contributed by atoms with Gasteiger partial charge in [-0.3, -0.25) is 4.79 Å². The zero-order chi connectivity index (χ0) is 19.3. The van der Waals surface area contributed by atoms with Gasteiger partial charge in [-0.05, 0) is 68.8 Å². The summed E-state index contributed by atoms with van der Waals surface area (Å²) in [6.45, 7) is 8.17. The Morgan fingerprint density at radius 3 is 2.65 bits per heavy atom. The fraction of sp³-hybridized carbons (Fsp3) is 0.500. The fourth-order valence-corrected chi connectivity index (χ4v) is 2.76. The largest absolute Gasteiger partial charge is 0.459 e. The lowest BCUT2D eigenvalue weighted by atomic mass is 10.0. The van der Waals surface area contributed by atoms with Gasteiger partial charge in [0.1, 0.15) is 11.6 Å². The number of ether oxygens (including phenoxy) is 1. The molecule has 6 heteroatoms. The van der Waals surface area contributed by atoms with Crippen LogP contribution in [0.3, 0.4) is 0 Å². The van der Waals surface area contributed by atoms with E-state index >= 15 is 0 Å². The van der Waals surface area contributed by atoms with Crippen LogP contribution >= 0.6 is 0 Å². The fourth-order valence-electron chi connectivity index (χ4n) is 2.76. The Morgan fingerprint density at radius 2 is 2.00 bits per heavy atom. The molecule has 0 saturated heterocycles. The lowest BCUT2D eigenvalue weighted by Crippen LogP contribution is -2.37. The van der Waals surface area contributed by atoms with Crippen LogP contribution < -0.4 is 11.1 Å². The molecule has 4 N–H and O–H groups in total. The van der Waals surface area contributed by atoms with Gasteiger partial charge in [-0.25, -0.2) is 4.79 Å². The molecule has 0 bridgehead atoms. The smallest absolute Gasteiger partial charge is 0.328 e. The molecule has 0 aliphatic heterocycles. The number of nitrogens with one attached hydrogen (secondary N) is 2. The second kappa shape index (κ2) is 8.36. The molecule has 1 aromatic heterocycles. The number of amides is 1. The molecule has 2 aromatic rings. The normalized spacial score (nSPS) is 14.2. The molecule has 0 spiro atoms. The second-order valence-electron chi connectivity index (χ2n) is 7.81. The topological polar surface area (TPSA) is 97.2 Å². The van der Waals surface area contributed by atoms with Gasteiger partial charge in [0.05, 0.1) is 0 Å². The van der Waals surface area contributed by atoms with Crippen LogP contribution in [-0.2, 0) is 14.3 Å². The molecule has 0 aliphatic carbocycles. The number of hydrogen-bond donors (Lipinski definition) is 3. The highest BCUT2D eigenvalue weighted by molar-refractivity contribution is 5.84. The Labute approximate surface area is 154 Å². The number of fused-ring (bicyclic) bond motifs is 1. The van der Waals surface area contributed by atoms with Crippen LogP contribution in [-0.4, -0.2) is 29.0 Å². The molecule has 142 valence electrons. The first-order valence-electron chi connectivity index (χ1n) is 8.97. The molecule has 2 unspecified atom stereocenters. The summed E-state index contributed by atoms with van der Waals surface area (Å²) in [7, 11) is 0. The molecule has 1 amide bonds. The van der Waals surface area contributed by atoms with E-state index in [9.17, 15) is 9.59 Å². The summed E-state index contributed by atoms with van der Waals surface area (Å²) >= 11 is 0. The third-order valence-electron chi connectivity index (χ3n) is 4.11. The van der Waals surface area contributed by atoms with E-state index in [1.54, 1.807) is 0 Å². The Kier molecular flexibility index (Phi) is 6.42. The van der Waals surface area contributed by atoms with Gasteiger partial charge in [0.25, 0.3) is 0 Å². The number of aromatic nitrogens is 1. The maximum absolute atomic E-state index is 12.7. The van der Waals surface area contributed by atoms with E-state index in [0.29, 0.717) is 19.4 Å². The minimum atomic E-state index is -0.565. The van der Waals surface area contributed by atoms with Crippen LogP contribution in [0.4, 0.5) is 0 Å². The number of esters is 1. The van der Waals surface area contributed by atoms with Gasteiger partial charge < -0.3 is 20.8 Å². The van der Waals surface area contributed by atoms with E-state index < -0.39 is 11.6 Å². The van der Waals surface area contributed by atoms with Gasteiger partial charge in [-0.2, -0.15) is 0 Å². The predicted octanol–water partition coefficient (Wildman–Crippen LogP) is 3.04. The van der Waals surface area contributed by atoms with Gasteiger partial charge >= 0.3 is 5.97 Å². The van der Waals surface area contributed by atoms with Crippen molar-refractivity contribution < 1.29 is 14.3 Å². The van der Waals surface area contributed by atoms with Crippen molar-refractivity contribution in [2.24, 2.45) is 11.7 Å². The van der Waals surface area contributed by atoms with E-state index in [0.717, 1.165) is 16.5 Å². The maximum atomic E-state index is 12.7. The molecule has 2 atom stereocenters. The first-order chi connectivity index (χ1) is 12.2. The van der Waals surface area contributed by atoms with Crippen LogP contribution in [0.25, 0.3) is 10.9 Å². The Morgan fingerprint density at radius 1 is 1.27 bits per heavy atom. The number of H-pyrrole nitrogens is 1. The van der Waals surface area contributed by atoms with Crippen molar-refractivity contribution >= 4 is 22.8 Å².